The summed E-state index contributed by atoms with van der Waals surface area (Å²) in [6, 6.07) is 3.79. The number of carbonyl (C=O) groups is 1. The van der Waals surface area contributed by atoms with Gasteiger partial charge >= 0.3 is 0 Å². The number of amidine groups is 1. The molecule has 0 spiro atoms. The summed E-state index contributed by atoms with van der Waals surface area (Å²) in [7, 11) is 0. The highest BCUT2D eigenvalue weighted by molar-refractivity contribution is 8.18. The highest BCUT2D eigenvalue weighted by Gasteiger charge is 2.27. The van der Waals surface area contributed by atoms with Crippen LogP contribution in [-0.4, -0.2) is 34.0 Å². The van der Waals surface area contributed by atoms with Crippen LogP contribution in [-0.2, 0) is 4.79 Å². The molecule has 7 nitrogen and oxygen atoms in total. The lowest BCUT2D eigenvalue weighted by Gasteiger charge is -2.27. The molecule has 8 heteroatoms. The highest BCUT2D eigenvalue weighted by Crippen LogP contribution is 2.32. The lowest BCUT2D eigenvalue weighted by atomic mass is 10.1. The van der Waals surface area contributed by atoms with E-state index in [-0.39, 0.29) is 5.91 Å². The van der Waals surface area contributed by atoms with Gasteiger partial charge in [-0.1, -0.05) is 12.1 Å². The molecule has 2 aliphatic heterocycles. The van der Waals surface area contributed by atoms with Crippen LogP contribution < -0.4 is 5.11 Å². The van der Waals surface area contributed by atoms with Crippen LogP contribution in [0.3, 0.4) is 0 Å². The molecule has 1 amide bonds. The van der Waals surface area contributed by atoms with Crippen molar-refractivity contribution in [3.05, 3.63) is 38.8 Å². The summed E-state index contributed by atoms with van der Waals surface area (Å²) < 4.78 is 0. The third kappa shape index (κ3) is 3.37. The first-order chi connectivity index (χ1) is 11.0. The molecule has 1 saturated heterocycles. The molecular weight excluding hydrogens is 318 g/mol. The van der Waals surface area contributed by atoms with Gasteiger partial charge in [-0.15, -0.1) is 0 Å². The number of aliphatic imine (C=N–C) groups is 1. The molecule has 120 valence electrons. The van der Waals surface area contributed by atoms with Gasteiger partial charge in [0, 0.05) is 19.2 Å². The van der Waals surface area contributed by atoms with Crippen LogP contribution >= 0.6 is 11.8 Å². The Kier molecular flexibility index (Phi) is 4.33. The highest BCUT2D eigenvalue weighted by atomic mass is 32.2. The molecule has 0 bridgehead atoms. The number of amides is 1. The van der Waals surface area contributed by atoms with Crippen molar-refractivity contribution < 1.29 is 14.8 Å². The van der Waals surface area contributed by atoms with Gasteiger partial charge in [0.2, 0.25) is 0 Å². The van der Waals surface area contributed by atoms with Crippen molar-refractivity contribution in [1.82, 2.24) is 4.90 Å². The van der Waals surface area contributed by atoms with E-state index in [1.807, 2.05) is 0 Å². The topological polar surface area (TPSA) is 98.9 Å². The zero-order valence-electron chi connectivity index (χ0n) is 12.2. The first-order valence-electron chi connectivity index (χ1n) is 7.27. The molecule has 3 rings (SSSR count). The average Bonchev–Trinajstić information content (AvgIpc) is 2.91. The number of rotatable bonds is 2. The van der Waals surface area contributed by atoms with E-state index in [1.165, 1.54) is 30.3 Å². The fraction of sp³-hybridized carbons (Fsp3) is 0.333. The van der Waals surface area contributed by atoms with E-state index in [0.717, 1.165) is 32.0 Å². The fourth-order valence-electron chi connectivity index (χ4n) is 2.54. The Balaban J connectivity index is 1.80. The summed E-state index contributed by atoms with van der Waals surface area (Å²) in [5, 5.41) is 22.9. The normalized spacial score (nSPS) is 20.0. The number of nitrogens with zero attached hydrogens (tertiary/aromatic N) is 3. The Morgan fingerprint density at radius 3 is 2.70 bits per heavy atom. The fourth-order valence-corrected chi connectivity index (χ4v) is 3.50. The molecule has 0 aromatic heterocycles. The van der Waals surface area contributed by atoms with Gasteiger partial charge in [0.25, 0.3) is 11.6 Å². The van der Waals surface area contributed by atoms with E-state index >= 15 is 0 Å². The van der Waals surface area contributed by atoms with Gasteiger partial charge in [-0.05, 0) is 48.4 Å². The largest absolute Gasteiger partial charge is 0.868 e. The van der Waals surface area contributed by atoms with Crippen LogP contribution in [0.25, 0.3) is 6.08 Å². The minimum atomic E-state index is -0.719. The molecule has 0 N–H and O–H groups in total. The quantitative estimate of drug-likeness (QED) is 0.467. The van der Waals surface area contributed by atoms with E-state index in [9.17, 15) is 20.0 Å². The van der Waals surface area contributed by atoms with Gasteiger partial charge < -0.3 is 10.0 Å². The molecule has 0 unspecified atom stereocenters. The lowest BCUT2D eigenvalue weighted by molar-refractivity contribution is -0.398. The standard InChI is InChI=1S/C15H15N3O4S/c19-12-5-4-10(8-11(12)18(21)22)9-13-14(20)16-15(23-13)17-6-2-1-3-7-17/h4-5,8-9,19H,1-3,6-7H2/p-1/b13-9-. The molecule has 1 aromatic rings. The van der Waals surface area contributed by atoms with Gasteiger partial charge in [0.15, 0.2) is 5.17 Å². The van der Waals surface area contributed by atoms with Crippen molar-refractivity contribution in [3.63, 3.8) is 0 Å². The van der Waals surface area contributed by atoms with E-state index in [4.69, 9.17) is 0 Å². The van der Waals surface area contributed by atoms with E-state index in [0.29, 0.717) is 15.6 Å². The average molecular weight is 332 g/mol. The van der Waals surface area contributed by atoms with Crippen LogP contribution in [0.2, 0.25) is 0 Å². The van der Waals surface area contributed by atoms with Crippen molar-refractivity contribution in [2.45, 2.75) is 19.3 Å². The van der Waals surface area contributed by atoms with E-state index in [2.05, 4.69) is 9.89 Å². The summed E-state index contributed by atoms with van der Waals surface area (Å²) in [6.07, 6.45) is 4.91. The minimum Gasteiger partial charge on any atom is -0.868 e. The Bertz CT molecular complexity index is 723. The van der Waals surface area contributed by atoms with Crippen LogP contribution in [0.15, 0.2) is 28.1 Å². The number of piperidine rings is 1. The number of carbonyl (C=O) groups excluding carboxylic acids is 1. The molecule has 1 fully saturated rings. The Morgan fingerprint density at radius 2 is 2.00 bits per heavy atom. The second-order valence-electron chi connectivity index (χ2n) is 5.34. The first kappa shape index (κ1) is 15.5. The zero-order valence-corrected chi connectivity index (χ0v) is 13.0. The van der Waals surface area contributed by atoms with Gasteiger partial charge in [0.1, 0.15) is 0 Å². The van der Waals surface area contributed by atoms with Crippen LogP contribution in [0, 0.1) is 10.1 Å². The van der Waals surface area contributed by atoms with Crippen LogP contribution in [0.1, 0.15) is 24.8 Å². The zero-order chi connectivity index (χ0) is 16.4. The maximum atomic E-state index is 12.0. The third-order valence-electron chi connectivity index (χ3n) is 3.71. The number of nitro groups is 1. The first-order valence-corrected chi connectivity index (χ1v) is 8.09. The summed E-state index contributed by atoms with van der Waals surface area (Å²) >= 11 is 1.28. The Hall–Kier alpha value is -2.35. The van der Waals surface area contributed by atoms with E-state index in [1.54, 1.807) is 6.08 Å². The van der Waals surface area contributed by atoms with Gasteiger partial charge in [-0.25, -0.2) is 0 Å². The lowest BCUT2D eigenvalue weighted by Crippen LogP contribution is -2.33. The number of nitro benzene ring substituents is 1. The van der Waals surface area contributed by atoms with Crippen molar-refractivity contribution in [1.29, 1.82) is 0 Å². The van der Waals surface area contributed by atoms with Gasteiger partial charge in [-0.3, -0.25) is 14.9 Å². The molecule has 23 heavy (non-hydrogen) atoms. The van der Waals surface area contributed by atoms with E-state index < -0.39 is 16.4 Å². The van der Waals surface area contributed by atoms with Gasteiger partial charge in [0.05, 0.1) is 9.83 Å². The number of hydrogen-bond donors (Lipinski definition) is 0. The molecule has 0 atom stereocenters. The third-order valence-corrected chi connectivity index (χ3v) is 4.76. The van der Waals surface area contributed by atoms with Crippen LogP contribution in [0.5, 0.6) is 5.75 Å². The Labute approximate surface area is 136 Å². The van der Waals surface area contributed by atoms with Crippen molar-refractivity contribution in [3.8, 4) is 5.75 Å². The second-order valence-corrected chi connectivity index (χ2v) is 6.35. The number of benzene rings is 1. The van der Waals surface area contributed by atoms with Gasteiger partial charge in [-0.2, -0.15) is 4.99 Å². The molecule has 0 radical (unpaired) electrons. The smallest absolute Gasteiger partial charge is 0.286 e. The summed E-state index contributed by atoms with van der Waals surface area (Å²) in [5.74, 6) is -0.989. The second kappa shape index (κ2) is 6.41. The maximum absolute atomic E-state index is 12.0. The molecule has 2 aliphatic rings. The summed E-state index contributed by atoms with van der Waals surface area (Å²) in [6.45, 7) is 1.78. The summed E-state index contributed by atoms with van der Waals surface area (Å²) in [4.78, 5) is 28.7. The Morgan fingerprint density at radius 1 is 1.26 bits per heavy atom. The number of likely N-dealkylation sites (tertiary alicyclic amines) is 1. The predicted molar refractivity (Wildman–Crippen MR) is 86.0 cm³/mol. The monoisotopic (exact) mass is 332 g/mol. The van der Waals surface area contributed by atoms with Crippen molar-refractivity contribution in [2.75, 3.05) is 13.1 Å². The molecule has 2 heterocycles. The minimum absolute atomic E-state index is 0.343. The molecule has 0 saturated carbocycles. The van der Waals surface area contributed by atoms with Crippen molar-refractivity contribution >= 4 is 34.6 Å². The maximum Gasteiger partial charge on any atom is 0.286 e. The van der Waals surface area contributed by atoms with Crippen LogP contribution in [0.4, 0.5) is 5.69 Å². The number of thioether (sulfide) groups is 1. The number of hydrogen-bond acceptors (Lipinski definition) is 6. The van der Waals surface area contributed by atoms with Crippen molar-refractivity contribution in [2.24, 2.45) is 4.99 Å². The SMILES string of the molecule is O=C1N=C(N2CCCCC2)S/C1=C\c1ccc([O-])c([N+](=O)[O-])c1. The predicted octanol–water partition coefficient (Wildman–Crippen LogP) is 2.12. The molecule has 0 aliphatic carbocycles. The molecule has 1 aromatic carbocycles. The molecular formula is C15H14N3O4S-. The summed E-state index contributed by atoms with van der Waals surface area (Å²) in [5.41, 5.74) is -0.0470.